The number of anilines is 1. The summed E-state index contributed by atoms with van der Waals surface area (Å²) in [5.41, 5.74) is 0.872. The van der Waals surface area contributed by atoms with Gasteiger partial charge in [0.05, 0.1) is 12.2 Å². The molecule has 5 heteroatoms. The van der Waals surface area contributed by atoms with Gasteiger partial charge in [-0.2, -0.15) is 0 Å². The first kappa shape index (κ1) is 12.2. The van der Waals surface area contributed by atoms with Crippen LogP contribution in [0.15, 0.2) is 35.8 Å². The third kappa shape index (κ3) is 2.61. The SMILES string of the molecule is O=C(O)c1ncccc1N(Cc1cccs1)C1CC1. The van der Waals surface area contributed by atoms with Crippen molar-refractivity contribution in [2.45, 2.75) is 25.4 Å². The van der Waals surface area contributed by atoms with Crippen LogP contribution in [0.5, 0.6) is 0 Å². The molecule has 4 nitrogen and oxygen atoms in total. The lowest BCUT2D eigenvalue weighted by Gasteiger charge is -2.25. The van der Waals surface area contributed by atoms with Gasteiger partial charge in [-0.15, -0.1) is 11.3 Å². The second-order valence-corrected chi connectivity index (χ2v) is 5.65. The minimum atomic E-state index is -0.965. The van der Waals surface area contributed by atoms with Gasteiger partial charge in [0.15, 0.2) is 5.69 Å². The van der Waals surface area contributed by atoms with E-state index in [0.29, 0.717) is 6.04 Å². The van der Waals surface area contributed by atoms with E-state index in [4.69, 9.17) is 0 Å². The molecule has 0 aliphatic heterocycles. The summed E-state index contributed by atoms with van der Waals surface area (Å²) in [5, 5.41) is 11.3. The summed E-state index contributed by atoms with van der Waals surface area (Å²) in [6, 6.07) is 8.20. The maximum atomic E-state index is 11.3. The molecule has 0 bridgehead atoms. The minimum Gasteiger partial charge on any atom is -0.476 e. The fourth-order valence-corrected chi connectivity index (χ4v) is 2.86. The lowest BCUT2D eigenvalue weighted by molar-refractivity contribution is 0.0691. The van der Waals surface area contributed by atoms with Crippen LogP contribution in [0.4, 0.5) is 5.69 Å². The molecule has 0 atom stereocenters. The van der Waals surface area contributed by atoms with Gasteiger partial charge < -0.3 is 10.0 Å². The highest BCUT2D eigenvalue weighted by Crippen LogP contribution is 2.34. The van der Waals surface area contributed by atoms with E-state index >= 15 is 0 Å². The highest BCUT2D eigenvalue weighted by Gasteiger charge is 2.32. The van der Waals surface area contributed by atoms with Gasteiger partial charge in [0.2, 0.25) is 0 Å². The fraction of sp³-hybridized carbons (Fsp3) is 0.286. The van der Waals surface area contributed by atoms with E-state index in [9.17, 15) is 9.90 Å². The third-order valence-corrected chi connectivity index (χ3v) is 4.05. The Kier molecular flexibility index (Phi) is 3.21. The highest BCUT2D eigenvalue weighted by molar-refractivity contribution is 7.09. The molecule has 1 saturated carbocycles. The van der Waals surface area contributed by atoms with E-state index in [1.165, 1.54) is 11.1 Å². The quantitative estimate of drug-likeness (QED) is 0.910. The summed E-state index contributed by atoms with van der Waals surface area (Å²) >= 11 is 1.70. The van der Waals surface area contributed by atoms with Gasteiger partial charge in [0, 0.05) is 17.1 Å². The number of rotatable bonds is 5. The maximum Gasteiger partial charge on any atom is 0.356 e. The Morgan fingerprint density at radius 1 is 1.42 bits per heavy atom. The van der Waals surface area contributed by atoms with Crippen LogP contribution in [0.1, 0.15) is 28.2 Å². The Morgan fingerprint density at radius 3 is 2.89 bits per heavy atom. The Labute approximate surface area is 115 Å². The van der Waals surface area contributed by atoms with Crippen LogP contribution in [-0.4, -0.2) is 22.1 Å². The van der Waals surface area contributed by atoms with Crippen LogP contribution < -0.4 is 4.90 Å². The molecule has 0 amide bonds. The smallest absolute Gasteiger partial charge is 0.356 e. The predicted molar refractivity (Wildman–Crippen MR) is 74.7 cm³/mol. The summed E-state index contributed by atoms with van der Waals surface area (Å²) < 4.78 is 0. The van der Waals surface area contributed by atoms with Gasteiger partial charge in [0.25, 0.3) is 0 Å². The van der Waals surface area contributed by atoms with Crippen molar-refractivity contribution in [2.75, 3.05) is 4.90 Å². The summed E-state index contributed by atoms with van der Waals surface area (Å²) in [5.74, 6) is -0.965. The lowest BCUT2D eigenvalue weighted by atomic mass is 10.2. The Hall–Kier alpha value is -1.88. The summed E-state index contributed by atoms with van der Waals surface area (Å²) in [4.78, 5) is 18.7. The molecule has 1 fully saturated rings. The third-order valence-electron chi connectivity index (χ3n) is 3.19. The molecule has 1 aliphatic rings. The van der Waals surface area contributed by atoms with Gasteiger partial charge in [-0.25, -0.2) is 9.78 Å². The Bertz CT molecular complexity index is 579. The average Bonchev–Trinajstić information content (AvgIpc) is 3.13. The van der Waals surface area contributed by atoms with E-state index < -0.39 is 5.97 Å². The van der Waals surface area contributed by atoms with Crippen molar-refractivity contribution in [1.29, 1.82) is 0 Å². The van der Waals surface area contributed by atoms with Crippen LogP contribution in [0.25, 0.3) is 0 Å². The molecule has 0 unspecified atom stereocenters. The van der Waals surface area contributed by atoms with Crippen molar-refractivity contribution in [3.63, 3.8) is 0 Å². The number of hydrogen-bond acceptors (Lipinski definition) is 4. The molecule has 2 aromatic rings. The molecular weight excluding hydrogens is 260 g/mol. The second kappa shape index (κ2) is 5.01. The van der Waals surface area contributed by atoms with Crippen LogP contribution >= 0.6 is 11.3 Å². The molecule has 2 aromatic heterocycles. The number of carboxylic acid groups (broad SMARTS) is 1. The number of thiophene rings is 1. The van der Waals surface area contributed by atoms with Crippen molar-refractivity contribution in [1.82, 2.24) is 4.98 Å². The van der Waals surface area contributed by atoms with Crippen molar-refractivity contribution >= 4 is 23.0 Å². The van der Waals surface area contributed by atoms with Gasteiger partial charge in [-0.3, -0.25) is 0 Å². The molecule has 0 aromatic carbocycles. The molecule has 1 aliphatic carbocycles. The number of pyridine rings is 1. The molecule has 0 spiro atoms. The van der Waals surface area contributed by atoms with Crippen molar-refractivity contribution in [2.24, 2.45) is 0 Å². The molecule has 0 radical (unpaired) electrons. The molecule has 1 N–H and O–H groups in total. The summed E-state index contributed by atoms with van der Waals surface area (Å²) in [7, 11) is 0. The van der Waals surface area contributed by atoms with Crippen molar-refractivity contribution in [3.05, 3.63) is 46.4 Å². The normalized spacial score (nSPS) is 14.3. The second-order valence-electron chi connectivity index (χ2n) is 4.61. The number of nitrogens with zero attached hydrogens (tertiary/aromatic N) is 2. The number of aromatic nitrogens is 1. The van der Waals surface area contributed by atoms with Crippen LogP contribution in [0.2, 0.25) is 0 Å². The van der Waals surface area contributed by atoms with E-state index in [-0.39, 0.29) is 5.69 Å². The lowest BCUT2D eigenvalue weighted by Crippen LogP contribution is -2.27. The molecule has 3 rings (SSSR count). The zero-order valence-electron chi connectivity index (χ0n) is 10.3. The first-order valence-electron chi connectivity index (χ1n) is 6.23. The standard InChI is InChI=1S/C14H14N2O2S/c17-14(18)13-12(4-1-7-15-13)16(10-5-6-10)9-11-3-2-8-19-11/h1-4,7-8,10H,5-6,9H2,(H,17,18). The van der Waals surface area contributed by atoms with Gasteiger partial charge in [-0.05, 0) is 36.4 Å². The topological polar surface area (TPSA) is 53.4 Å². The van der Waals surface area contributed by atoms with Crippen molar-refractivity contribution in [3.8, 4) is 0 Å². The Balaban J connectivity index is 1.94. The average molecular weight is 274 g/mol. The van der Waals surface area contributed by atoms with E-state index in [2.05, 4.69) is 16.0 Å². The molecule has 2 heterocycles. The molecule has 98 valence electrons. The van der Waals surface area contributed by atoms with E-state index in [1.54, 1.807) is 17.4 Å². The number of carbonyl (C=O) groups is 1. The molecule has 0 saturated heterocycles. The zero-order valence-corrected chi connectivity index (χ0v) is 11.1. The summed E-state index contributed by atoms with van der Waals surface area (Å²) in [6.07, 6.45) is 3.78. The highest BCUT2D eigenvalue weighted by atomic mass is 32.1. The first-order valence-corrected chi connectivity index (χ1v) is 7.11. The predicted octanol–water partition coefficient (Wildman–Crippen LogP) is 3.01. The monoisotopic (exact) mass is 274 g/mol. The molecular formula is C14H14N2O2S. The number of aromatic carboxylic acids is 1. The summed E-state index contributed by atoms with van der Waals surface area (Å²) in [6.45, 7) is 0.758. The Morgan fingerprint density at radius 2 is 2.26 bits per heavy atom. The minimum absolute atomic E-state index is 0.144. The fourth-order valence-electron chi connectivity index (χ4n) is 2.16. The zero-order chi connectivity index (χ0) is 13.2. The first-order chi connectivity index (χ1) is 9.25. The van der Waals surface area contributed by atoms with Crippen molar-refractivity contribution < 1.29 is 9.90 Å². The number of hydrogen-bond donors (Lipinski definition) is 1. The van der Waals surface area contributed by atoms with Gasteiger partial charge >= 0.3 is 5.97 Å². The molecule has 19 heavy (non-hydrogen) atoms. The van der Waals surface area contributed by atoms with Gasteiger partial charge in [-0.1, -0.05) is 6.07 Å². The largest absolute Gasteiger partial charge is 0.476 e. The van der Waals surface area contributed by atoms with Gasteiger partial charge in [0.1, 0.15) is 0 Å². The maximum absolute atomic E-state index is 11.3. The van der Waals surface area contributed by atoms with Crippen LogP contribution in [-0.2, 0) is 6.54 Å². The number of carboxylic acids is 1. The van der Waals surface area contributed by atoms with E-state index in [1.807, 2.05) is 17.5 Å². The van der Waals surface area contributed by atoms with Crippen LogP contribution in [0.3, 0.4) is 0 Å². The van der Waals surface area contributed by atoms with Crippen LogP contribution in [0, 0.1) is 0 Å². The van der Waals surface area contributed by atoms with E-state index in [0.717, 1.165) is 25.1 Å².